The number of sulfone groups is 1. The lowest BCUT2D eigenvalue weighted by molar-refractivity contribution is 0.255. The minimum atomic E-state index is -2.80. The molecular weight excluding hydrogens is 254 g/mol. The van der Waals surface area contributed by atoms with Crippen molar-refractivity contribution in [3.05, 3.63) is 21.9 Å². The molecule has 0 saturated carbocycles. The molecule has 1 spiro atoms. The summed E-state index contributed by atoms with van der Waals surface area (Å²) in [5.41, 5.74) is 1.35. The molecular formula is C12H17NO2S2. The van der Waals surface area contributed by atoms with E-state index in [-0.39, 0.29) is 5.54 Å². The molecule has 0 aliphatic carbocycles. The highest BCUT2D eigenvalue weighted by atomic mass is 32.2. The van der Waals surface area contributed by atoms with E-state index < -0.39 is 9.84 Å². The van der Waals surface area contributed by atoms with Crippen LogP contribution in [0.1, 0.15) is 30.2 Å². The van der Waals surface area contributed by atoms with Crippen molar-refractivity contribution in [2.75, 3.05) is 11.5 Å². The molecule has 1 atom stereocenters. The van der Waals surface area contributed by atoms with E-state index in [2.05, 4.69) is 23.7 Å². The van der Waals surface area contributed by atoms with Crippen molar-refractivity contribution in [2.45, 2.75) is 37.8 Å². The Balaban J connectivity index is 1.99. The first kappa shape index (κ1) is 11.7. The van der Waals surface area contributed by atoms with Crippen molar-refractivity contribution in [2.24, 2.45) is 0 Å². The maximum atomic E-state index is 11.6. The maximum Gasteiger partial charge on any atom is 0.150 e. The molecule has 0 radical (unpaired) electrons. The zero-order valence-electron chi connectivity index (χ0n) is 9.90. The third-order valence-corrected chi connectivity index (χ3v) is 6.72. The molecule has 1 N–H and O–H groups in total. The molecule has 0 unspecified atom stereocenters. The minimum Gasteiger partial charge on any atom is -0.304 e. The number of hydrogen-bond acceptors (Lipinski definition) is 4. The molecule has 3 rings (SSSR count). The van der Waals surface area contributed by atoms with Crippen LogP contribution < -0.4 is 5.32 Å². The van der Waals surface area contributed by atoms with Gasteiger partial charge in [-0.1, -0.05) is 0 Å². The lowest BCUT2D eigenvalue weighted by atomic mass is 9.82. The van der Waals surface area contributed by atoms with Gasteiger partial charge in [-0.3, -0.25) is 0 Å². The number of nitrogens with one attached hydrogen (secondary N) is 1. The Morgan fingerprint density at radius 3 is 2.82 bits per heavy atom. The van der Waals surface area contributed by atoms with Gasteiger partial charge < -0.3 is 5.32 Å². The van der Waals surface area contributed by atoms with Crippen molar-refractivity contribution < 1.29 is 8.42 Å². The monoisotopic (exact) mass is 271 g/mol. The molecule has 0 aromatic carbocycles. The van der Waals surface area contributed by atoms with E-state index in [1.807, 2.05) is 0 Å². The molecule has 0 amide bonds. The zero-order chi connectivity index (χ0) is 12.1. The third kappa shape index (κ3) is 1.94. The second-order valence-electron chi connectivity index (χ2n) is 5.26. The van der Waals surface area contributed by atoms with Crippen LogP contribution in [0.4, 0.5) is 0 Å². The molecule has 1 saturated heterocycles. The first-order valence-corrected chi connectivity index (χ1v) is 8.76. The molecule has 1 aromatic rings. The molecule has 2 aliphatic rings. The topological polar surface area (TPSA) is 46.2 Å². The molecule has 1 aromatic heterocycles. The van der Waals surface area contributed by atoms with Crippen LogP contribution in [0.5, 0.6) is 0 Å². The van der Waals surface area contributed by atoms with E-state index in [0.29, 0.717) is 17.5 Å². The van der Waals surface area contributed by atoms with Crippen LogP contribution in [0.2, 0.25) is 0 Å². The quantitative estimate of drug-likeness (QED) is 0.781. The summed E-state index contributed by atoms with van der Waals surface area (Å²) < 4.78 is 23.2. The van der Waals surface area contributed by atoms with E-state index >= 15 is 0 Å². The van der Waals surface area contributed by atoms with Gasteiger partial charge in [-0.25, -0.2) is 8.42 Å². The molecule has 3 heterocycles. The Labute approximate surface area is 106 Å². The van der Waals surface area contributed by atoms with E-state index in [0.717, 1.165) is 19.3 Å². The van der Waals surface area contributed by atoms with Crippen LogP contribution in [-0.4, -0.2) is 26.0 Å². The minimum absolute atomic E-state index is 0.0630. The molecule has 0 bridgehead atoms. The van der Waals surface area contributed by atoms with Crippen LogP contribution in [0, 0.1) is 0 Å². The van der Waals surface area contributed by atoms with E-state index in [1.54, 1.807) is 11.3 Å². The van der Waals surface area contributed by atoms with Gasteiger partial charge in [-0.15, -0.1) is 11.3 Å². The summed E-state index contributed by atoms with van der Waals surface area (Å²) in [5, 5.41) is 5.79. The summed E-state index contributed by atoms with van der Waals surface area (Å²) in [6.07, 6.45) is 2.52. The SMILES string of the molecule is C[C@H]1Cc2ccsc2C2(CCS(=O)(=O)CC2)N1. The lowest BCUT2D eigenvalue weighted by Gasteiger charge is -2.43. The summed E-state index contributed by atoms with van der Waals surface area (Å²) in [5.74, 6) is 0.647. The van der Waals surface area contributed by atoms with Crippen molar-refractivity contribution in [3.63, 3.8) is 0 Å². The van der Waals surface area contributed by atoms with Crippen molar-refractivity contribution in [3.8, 4) is 0 Å². The predicted octanol–water partition coefficient (Wildman–Crippen LogP) is 1.69. The first-order valence-electron chi connectivity index (χ1n) is 6.06. The number of thiophene rings is 1. The van der Waals surface area contributed by atoms with Gasteiger partial charge in [0.1, 0.15) is 9.84 Å². The Kier molecular flexibility index (Phi) is 2.61. The first-order chi connectivity index (χ1) is 8.01. The van der Waals surface area contributed by atoms with Crippen LogP contribution >= 0.6 is 11.3 Å². The Morgan fingerprint density at radius 2 is 2.12 bits per heavy atom. The summed E-state index contributed by atoms with van der Waals surface area (Å²) in [6.45, 7) is 2.19. The van der Waals surface area contributed by atoms with Crippen LogP contribution in [0.25, 0.3) is 0 Å². The second-order valence-corrected chi connectivity index (χ2v) is 8.48. The van der Waals surface area contributed by atoms with Crippen molar-refractivity contribution >= 4 is 21.2 Å². The van der Waals surface area contributed by atoms with Gasteiger partial charge in [-0.2, -0.15) is 0 Å². The standard InChI is InChI=1S/C12H17NO2S2/c1-9-8-10-2-5-16-11(10)12(13-9)3-6-17(14,15)7-4-12/h2,5,9,13H,3-4,6-8H2,1H3/t9-/m0/s1. The van der Waals surface area contributed by atoms with Gasteiger partial charge in [0.15, 0.2) is 0 Å². The molecule has 94 valence electrons. The Hall–Kier alpha value is -0.390. The van der Waals surface area contributed by atoms with Gasteiger partial charge in [-0.05, 0) is 43.2 Å². The largest absolute Gasteiger partial charge is 0.304 e. The van der Waals surface area contributed by atoms with E-state index in [4.69, 9.17) is 0 Å². The fourth-order valence-corrected chi connectivity index (χ4v) is 5.78. The zero-order valence-corrected chi connectivity index (χ0v) is 11.5. The highest BCUT2D eigenvalue weighted by Gasteiger charge is 2.43. The highest BCUT2D eigenvalue weighted by Crippen LogP contribution is 2.42. The normalized spacial score (nSPS) is 30.1. The summed E-state index contributed by atoms with van der Waals surface area (Å²) >= 11 is 1.78. The smallest absolute Gasteiger partial charge is 0.150 e. The van der Waals surface area contributed by atoms with Crippen LogP contribution in [0.3, 0.4) is 0 Å². The fourth-order valence-electron chi connectivity index (χ4n) is 3.09. The van der Waals surface area contributed by atoms with Gasteiger partial charge in [0.25, 0.3) is 0 Å². The number of rotatable bonds is 0. The predicted molar refractivity (Wildman–Crippen MR) is 70.2 cm³/mol. The highest BCUT2D eigenvalue weighted by molar-refractivity contribution is 7.91. The molecule has 5 heteroatoms. The van der Waals surface area contributed by atoms with Gasteiger partial charge in [0.2, 0.25) is 0 Å². The average molecular weight is 271 g/mol. The van der Waals surface area contributed by atoms with Gasteiger partial charge >= 0.3 is 0 Å². The average Bonchev–Trinajstić information content (AvgIpc) is 2.71. The lowest BCUT2D eigenvalue weighted by Crippen LogP contribution is -2.54. The van der Waals surface area contributed by atoms with E-state index in [1.165, 1.54) is 10.4 Å². The van der Waals surface area contributed by atoms with Crippen LogP contribution in [0.15, 0.2) is 11.4 Å². The van der Waals surface area contributed by atoms with Gasteiger partial charge in [0.05, 0.1) is 17.0 Å². The Morgan fingerprint density at radius 1 is 1.41 bits per heavy atom. The number of fused-ring (bicyclic) bond motifs is 2. The molecule has 2 aliphatic heterocycles. The fraction of sp³-hybridized carbons (Fsp3) is 0.667. The summed E-state index contributed by atoms with van der Waals surface area (Å²) in [6, 6.07) is 2.64. The van der Waals surface area contributed by atoms with E-state index in [9.17, 15) is 8.42 Å². The molecule has 3 nitrogen and oxygen atoms in total. The third-order valence-electron chi connectivity index (χ3n) is 3.91. The van der Waals surface area contributed by atoms with Gasteiger partial charge in [0, 0.05) is 10.9 Å². The summed E-state index contributed by atoms with van der Waals surface area (Å²) in [7, 11) is -2.80. The Bertz CT molecular complexity index is 518. The maximum absolute atomic E-state index is 11.6. The second kappa shape index (κ2) is 3.80. The molecule has 17 heavy (non-hydrogen) atoms. The number of hydrogen-bond donors (Lipinski definition) is 1. The van der Waals surface area contributed by atoms with Crippen LogP contribution in [-0.2, 0) is 21.8 Å². The summed E-state index contributed by atoms with van der Waals surface area (Å²) in [4.78, 5) is 1.38. The van der Waals surface area contributed by atoms with Crippen molar-refractivity contribution in [1.82, 2.24) is 5.32 Å². The molecule has 1 fully saturated rings. The van der Waals surface area contributed by atoms with Crippen molar-refractivity contribution in [1.29, 1.82) is 0 Å².